The molecule has 0 saturated carbocycles. The number of nitrogen functional groups attached to an aromatic ring is 1. The molecule has 3 aromatic rings. The Hall–Kier alpha value is -3.12. The smallest absolute Gasteiger partial charge is 0.475 e. The normalized spacial score (nSPS) is 11.7. The fourth-order valence-electron chi connectivity index (χ4n) is 2.07. The lowest BCUT2D eigenvalue weighted by atomic mass is 10.1. The van der Waals surface area contributed by atoms with Crippen molar-refractivity contribution in [3.63, 3.8) is 0 Å². The largest absolute Gasteiger partial charge is 0.490 e. The van der Waals surface area contributed by atoms with Gasteiger partial charge in [0.15, 0.2) is 0 Å². The summed E-state index contributed by atoms with van der Waals surface area (Å²) in [5.74, 6) is -2.76. The Balaban J connectivity index is 0.000000321. The minimum atomic E-state index is -5.08. The van der Waals surface area contributed by atoms with Crippen molar-refractivity contribution in [2.75, 3.05) is 5.73 Å². The molecule has 0 aliphatic carbocycles. The van der Waals surface area contributed by atoms with E-state index in [1.54, 1.807) is 24.3 Å². The summed E-state index contributed by atoms with van der Waals surface area (Å²) in [5.41, 5.74) is 8.51. The lowest BCUT2D eigenvalue weighted by Crippen LogP contribution is -2.21. The number of fused-ring (bicyclic) bond motifs is 1. The van der Waals surface area contributed by atoms with E-state index in [-0.39, 0.29) is 4.90 Å². The van der Waals surface area contributed by atoms with Crippen LogP contribution < -0.4 is 10.9 Å². The number of hydrogen-bond acceptors (Lipinski definition) is 5. The molecule has 0 radical (unpaired) electrons. The number of nitrogens with two attached hydrogens (primary N) is 2. The van der Waals surface area contributed by atoms with Crippen LogP contribution in [0.3, 0.4) is 0 Å². The number of aromatic amines is 1. The number of H-pyrrole nitrogens is 1. The van der Waals surface area contributed by atoms with Gasteiger partial charge in [-0.3, -0.25) is 5.10 Å². The van der Waals surface area contributed by atoms with Crippen LogP contribution in [0.25, 0.3) is 22.2 Å². The SMILES string of the molecule is Nc1ccc2[nH]nc(-c3cccc(S(N)(=O)=O)c3)c2c1.O=C(O)C(F)(F)F. The Morgan fingerprint density at radius 3 is 2.33 bits per heavy atom. The maximum Gasteiger partial charge on any atom is 0.490 e. The van der Waals surface area contributed by atoms with Crippen molar-refractivity contribution < 1.29 is 31.5 Å². The van der Waals surface area contributed by atoms with E-state index in [1.165, 1.54) is 12.1 Å². The second-order valence-electron chi connectivity index (χ2n) is 5.25. The van der Waals surface area contributed by atoms with E-state index in [0.717, 1.165) is 10.9 Å². The lowest BCUT2D eigenvalue weighted by molar-refractivity contribution is -0.192. The number of carboxylic acid groups (broad SMARTS) is 1. The van der Waals surface area contributed by atoms with E-state index < -0.39 is 22.2 Å². The number of benzene rings is 2. The maximum absolute atomic E-state index is 11.4. The Bertz CT molecular complexity index is 1090. The predicted octanol–water partition coefficient (Wildman–Crippen LogP) is 2.09. The van der Waals surface area contributed by atoms with Crippen molar-refractivity contribution in [3.05, 3.63) is 42.5 Å². The zero-order valence-electron chi connectivity index (χ0n) is 13.4. The van der Waals surface area contributed by atoms with Gasteiger partial charge in [-0.15, -0.1) is 0 Å². The first-order chi connectivity index (χ1) is 12.4. The van der Waals surface area contributed by atoms with Gasteiger partial charge in [0, 0.05) is 16.6 Å². The molecular formula is C15H13F3N4O4S. The molecule has 0 spiro atoms. The molecule has 0 atom stereocenters. The number of hydrogen-bond donors (Lipinski definition) is 4. The minimum absolute atomic E-state index is 0.0510. The van der Waals surface area contributed by atoms with Crippen molar-refractivity contribution >= 4 is 32.6 Å². The van der Waals surface area contributed by atoms with Gasteiger partial charge in [-0.25, -0.2) is 18.4 Å². The van der Waals surface area contributed by atoms with Crippen LogP contribution in [-0.4, -0.2) is 35.9 Å². The van der Waals surface area contributed by atoms with E-state index in [9.17, 15) is 21.6 Å². The number of alkyl halides is 3. The van der Waals surface area contributed by atoms with Gasteiger partial charge in [0.25, 0.3) is 0 Å². The zero-order chi connectivity index (χ0) is 20.4. The molecule has 3 rings (SSSR count). The van der Waals surface area contributed by atoms with Crippen LogP contribution in [0.2, 0.25) is 0 Å². The molecule has 0 bridgehead atoms. The van der Waals surface area contributed by atoms with Gasteiger partial charge >= 0.3 is 12.1 Å². The molecule has 0 aliphatic heterocycles. The summed E-state index contributed by atoms with van der Waals surface area (Å²) in [4.78, 5) is 8.95. The minimum Gasteiger partial charge on any atom is -0.475 e. The summed E-state index contributed by atoms with van der Waals surface area (Å²) >= 11 is 0. The number of aliphatic carboxylic acids is 1. The van der Waals surface area contributed by atoms with Crippen molar-refractivity contribution in [3.8, 4) is 11.3 Å². The number of halogens is 3. The molecule has 2 aromatic carbocycles. The average Bonchev–Trinajstić information content (AvgIpc) is 2.97. The number of primary sulfonamides is 1. The predicted molar refractivity (Wildman–Crippen MR) is 91.0 cm³/mol. The van der Waals surface area contributed by atoms with Crippen LogP contribution in [0, 0.1) is 0 Å². The van der Waals surface area contributed by atoms with Gasteiger partial charge in [-0.05, 0) is 30.3 Å². The summed E-state index contributed by atoms with van der Waals surface area (Å²) in [6, 6.07) is 11.7. The van der Waals surface area contributed by atoms with Crippen LogP contribution in [0.1, 0.15) is 0 Å². The van der Waals surface area contributed by atoms with Gasteiger partial charge in [0.1, 0.15) is 5.69 Å². The van der Waals surface area contributed by atoms with Crippen LogP contribution in [0.4, 0.5) is 18.9 Å². The Morgan fingerprint density at radius 1 is 1.15 bits per heavy atom. The monoisotopic (exact) mass is 402 g/mol. The first-order valence-corrected chi connectivity index (χ1v) is 8.61. The molecule has 0 fully saturated rings. The third-order valence-corrected chi connectivity index (χ3v) is 4.18. The molecule has 12 heteroatoms. The van der Waals surface area contributed by atoms with E-state index in [4.69, 9.17) is 20.8 Å². The van der Waals surface area contributed by atoms with E-state index in [0.29, 0.717) is 16.9 Å². The Kier molecular flexibility index (Phi) is 5.42. The molecule has 8 nitrogen and oxygen atoms in total. The Labute approximate surface area is 150 Å². The number of nitrogens with zero attached hydrogens (tertiary/aromatic N) is 1. The number of sulfonamides is 1. The highest BCUT2D eigenvalue weighted by Gasteiger charge is 2.38. The summed E-state index contributed by atoms with van der Waals surface area (Å²) in [6.07, 6.45) is -5.08. The number of nitrogens with one attached hydrogen (secondary N) is 1. The van der Waals surface area contributed by atoms with Gasteiger partial charge in [0.05, 0.1) is 10.4 Å². The van der Waals surface area contributed by atoms with Crippen molar-refractivity contribution in [1.29, 1.82) is 0 Å². The molecule has 0 saturated heterocycles. The van der Waals surface area contributed by atoms with Crippen LogP contribution in [-0.2, 0) is 14.8 Å². The first kappa shape index (κ1) is 20.2. The molecule has 0 unspecified atom stereocenters. The van der Waals surface area contributed by atoms with Gasteiger partial charge in [-0.1, -0.05) is 12.1 Å². The molecule has 6 N–H and O–H groups in total. The maximum atomic E-state index is 11.4. The molecule has 1 aromatic heterocycles. The topological polar surface area (TPSA) is 152 Å². The fourth-order valence-corrected chi connectivity index (χ4v) is 2.63. The van der Waals surface area contributed by atoms with Gasteiger partial charge in [-0.2, -0.15) is 18.3 Å². The highest BCUT2D eigenvalue weighted by molar-refractivity contribution is 7.89. The second-order valence-corrected chi connectivity index (χ2v) is 6.81. The average molecular weight is 402 g/mol. The highest BCUT2D eigenvalue weighted by Crippen LogP contribution is 2.28. The molecular weight excluding hydrogens is 389 g/mol. The molecule has 0 amide bonds. The lowest BCUT2D eigenvalue weighted by Gasteiger charge is -2.02. The van der Waals surface area contributed by atoms with Crippen LogP contribution in [0.5, 0.6) is 0 Å². The molecule has 144 valence electrons. The van der Waals surface area contributed by atoms with Crippen molar-refractivity contribution in [2.45, 2.75) is 11.1 Å². The Morgan fingerprint density at radius 2 is 1.78 bits per heavy atom. The molecule has 1 heterocycles. The molecule has 27 heavy (non-hydrogen) atoms. The number of anilines is 1. The third-order valence-electron chi connectivity index (χ3n) is 3.27. The third kappa shape index (κ3) is 4.95. The second kappa shape index (κ2) is 7.25. The standard InChI is InChI=1S/C13H12N4O2S.C2HF3O2/c14-9-4-5-12-11(7-9)13(17-16-12)8-2-1-3-10(6-8)20(15,18)19;3-2(4,5)1(6)7/h1-7H,14H2,(H,16,17)(H2,15,18,19);(H,6,7). The summed E-state index contributed by atoms with van der Waals surface area (Å²) in [7, 11) is -3.74. The quantitative estimate of drug-likeness (QED) is 0.482. The number of carboxylic acids is 1. The summed E-state index contributed by atoms with van der Waals surface area (Å²) in [5, 5.41) is 20.2. The summed E-state index contributed by atoms with van der Waals surface area (Å²) < 4.78 is 54.5. The highest BCUT2D eigenvalue weighted by atomic mass is 32.2. The van der Waals surface area contributed by atoms with Gasteiger partial charge < -0.3 is 10.8 Å². The number of aromatic nitrogens is 2. The van der Waals surface area contributed by atoms with Gasteiger partial charge in [0.2, 0.25) is 10.0 Å². The van der Waals surface area contributed by atoms with E-state index in [2.05, 4.69) is 10.2 Å². The molecule has 0 aliphatic rings. The summed E-state index contributed by atoms with van der Waals surface area (Å²) in [6.45, 7) is 0. The van der Waals surface area contributed by atoms with Crippen molar-refractivity contribution in [2.24, 2.45) is 5.14 Å². The van der Waals surface area contributed by atoms with E-state index in [1.807, 2.05) is 6.07 Å². The number of carbonyl (C=O) groups is 1. The fraction of sp³-hybridized carbons (Fsp3) is 0.0667. The van der Waals surface area contributed by atoms with E-state index >= 15 is 0 Å². The van der Waals surface area contributed by atoms with Crippen molar-refractivity contribution in [1.82, 2.24) is 10.2 Å². The van der Waals surface area contributed by atoms with Crippen LogP contribution >= 0.6 is 0 Å². The number of rotatable bonds is 2. The van der Waals surface area contributed by atoms with Crippen LogP contribution in [0.15, 0.2) is 47.4 Å². The zero-order valence-corrected chi connectivity index (χ0v) is 14.2. The first-order valence-electron chi connectivity index (χ1n) is 7.06.